The summed E-state index contributed by atoms with van der Waals surface area (Å²) in [6.45, 7) is 1.62. The van der Waals surface area contributed by atoms with E-state index in [9.17, 15) is 61.0 Å². The van der Waals surface area contributed by atoms with Gasteiger partial charge < -0.3 is 94.6 Å². The molecule has 4 fully saturated rings. The van der Waals surface area contributed by atoms with Crippen molar-refractivity contribution in [3.05, 3.63) is 0 Å². The third kappa shape index (κ3) is 8.06. The molecule has 0 radical (unpaired) electrons. The number of rotatable bonds is 10. The van der Waals surface area contributed by atoms with Crippen LogP contribution in [0.1, 0.15) is 20.8 Å². The lowest BCUT2D eigenvalue weighted by atomic mass is 9.93. The Morgan fingerprint density at radius 1 is 0.532 bits per heavy atom. The van der Waals surface area contributed by atoms with Crippen molar-refractivity contribution in [2.24, 2.45) is 0 Å². The zero-order chi connectivity index (χ0) is 34.9. The maximum atomic E-state index is 12.4. The fourth-order valence-corrected chi connectivity index (χ4v) is 6.06. The predicted octanol–water partition coefficient (Wildman–Crippen LogP) is -7.51. The van der Waals surface area contributed by atoms with E-state index in [-0.39, 0.29) is 0 Å². The molecule has 0 aromatic carbocycles. The van der Waals surface area contributed by atoms with Gasteiger partial charge in [-0.15, -0.1) is 0 Å². The maximum absolute atomic E-state index is 12.4. The van der Waals surface area contributed by atoms with Crippen LogP contribution in [-0.4, -0.2) is 204 Å². The highest BCUT2D eigenvalue weighted by Crippen LogP contribution is 2.34. The highest BCUT2D eigenvalue weighted by Gasteiger charge is 2.55. The third-order valence-electron chi connectivity index (χ3n) is 8.83. The van der Waals surface area contributed by atoms with Gasteiger partial charge in [-0.3, -0.25) is 4.79 Å². The van der Waals surface area contributed by atoms with Gasteiger partial charge in [0.25, 0.3) is 0 Å². The first-order chi connectivity index (χ1) is 22.1. The van der Waals surface area contributed by atoms with Crippen molar-refractivity contribution < 1.29 is 94.1 Å². The number of ether oxygens (including phenoxy) is 7. The van der Waals surface area contributed by atoms with E-state index in [1.165, 1.54) is 13.8 Å². The molecule has 4 aliphatic heterocycles. The molecule has 0 aromatic heterocycles. The summed E-state index contributed by atoms with van der Waals surface area (Å²) in [5, 5.41) is 117. The van der Waals surface area contributed by atoms with Crippen LogP contribution in [0.15, 0.2) is 0 Å². The molecule has 4 saturated heterocycles. The molecule has 20 atom stereocenters. The van der Waals surface area contributed by atoms with Gasteiger partial charge in [0.2, 0.25) is 5.91 Å². The lowest BCUT2D eigenvalue weighted by Gasteiger charge is -2.50. The van der Waals surface area contributed by atoms with E-state index in [0.717, 1.165) is 6.92 Å². The summed E-state index contributed by atoms with van der Waals surface area (Å²) in [6, 6.07) is -1.51. The smallest absolute Gasteiger partial charge is 0.217 e. The van der Waals surface area contributed by atoms with Gasteiger partial charge in [-0.1, -0.05) is 0 Å². The SMILES string of the molecule is CC(=O)NC1[C@H](O[C@@H]2C(O)[C@H](C)OC(CO)[C@@H]2O)OC(CO)[C@H](O)[C@@H]1O[C@@H]1OC(CO)[C@H](O)[C@H](O)C1O[C@@H]1OC(C)[C@H](O)[C@@H](O)C1O. The second-order valence-corrected chi connectivity index (χ2v) is 12.2. The summed E-state index contributed by atoms with van der Waals surface area (Å²) in [4.78, 5) is 12.4. The topological polar surface area (TPSA) is 316 Å². The number of carbonyl (C=O) groups excluding carboxylic acids is 1. The lowest BCUT2D eigenvalue weighted by Crippen LogP contribution is -2.70. The molecular formula is C27H47NO19. The van der Waals surface area contributed by atoms with Crippen molar-refractivity contribution in [2.45, 2.75) is 143 Å². The van der Waals surface area contributed by atoms with Crippen LogP contribution in [0.25, 0.3) is 0 Å². The van der Waals surface area contributed by atoms with E-state index in [1.807, 2.05) is 0 Å². The van der Waals surface area contributed by atoms with Crippen LogP contribution in [0, 0.1) is 0 Å². The molecular weight excluding hydrogens is 642 g/mol. The van der Waals surface area contributed by atoms with Crippen LogP contribution in [0.2, 0.25) is 0 Å². The maximum Gasteiger partial charge on any atom is 0.217 e. The number of nitrogens with one attached hydrogen (secondary N) is 1. The Labute approximate surface area is 268 Å². The lowest BCUT2D eigenvalue weighted by molar-refractivity contribution is -0.384. The predicted molar refractivity (Wildman–Crippen MR) is 148 cm³/mol. The van der Waals surface area contributed by atoms with Gasteiger partial charge in [0.15, 0.2) is 18.9 Å². The molecule has 0 saturated carbocycles. The minimum Gasteiger partial charge on any atom is -0.394 e. The molecule has 4 heterocycles. The number of aliphatic hydroxyl groups is 11. The van der Waals surface area contributed by atoms with Crippen LogP contribution in [0.3, 0.4) is 0 Å². The van der Waals surface area contributed by atoms with Gasteiger partial charge in [0, 0.05) is 6.92 Å². The second kappa shape index (κ2) is 16.2. The van der Waals surface area contributed by atoms with Crippen LogP contribution >= 0.6 is 0 Å². The average molecular weight is 690 g/mol. The second-order valence-electron chi connectivity index (χ2n) is 12.2. The fraction of sp³-hybridized carbons (Fsp3) is 0.963. The summed E-state index contributed by atoms with van der Waals surface area (Å²) < 4.78 is 39.9. The van der Waals surface area contributed by atoms with Crippen molar-refractivity contribution in [1.29, 1.82) is 0 Å². The van der Waals surface area contributed by atoms with E-state index in [0.29, 0.717) is 0 Å². The highest BCUT2D eigenvalue weighted by molar-refractivity contribution is 5.73. The first-order valence-electron chi connectivity index (χ1n) is 15.3. The molecule has 47 heavy (non-hydrogen) atoms. The Morgan fingerprint density at radius 3 is 1.62 bits per heavy atom. The van der Waals surface area contributed by atoms with E-state index in [1.54, 1.807) is 0 Å². The summed E-state index contributed by atoms with van der Waals surface area (Å²) in [5.74, 6) is -0.702. The van der Waals surface area contributed by atoms with Crippen molar-refractivity contribution in [3.8, 4) is 0 Å². The van der Waals surface area contributed by atoms with E-state index < -0.39 is 148 Å². The molecule has 8 unspecified atom stereocenters. The molecule has 1 amide bonds. The molecule has 20 heteroatoms. The Kier molecular flexibility index (Phi) is 13.3. The molecule has 0 bridgehead atoms. The van der Waals surface area contributed by atoms with Gasteiger partial charge in [-0.25, -0.2) is 0 Å². The molecule has 4 aliphatic rings. The van der Waals surface area contributed by atoms with E-state index >= 15 is 0 Å². The minimum atomic E-state index is -1.91. The van der Waals surface area contributed by atoms with E-state index in [2.05, 4.69) is 5.32 Å². The Morgan fingerprint density at radius 2 is 1.02 bits per heavy atom. The number of carbonyl (C=O) groups is 1. The van der Waals surface area contributed by atoms with Crippen LogP contribution < -0.4 is 5.32 Å². The highest BCUT2D eigenvalue weighted by atomic mass is 16.8. The molecule has 12 N–H and O–H groups in total. The molecule has 0 spiro atoms. The van der Waals surface area contributed by atoms with Crippen molar-refractivity contribution in [1.82, 2.24) is 5.32 Å². The monoisotopic (exact) mass is 689 g/mol. The summed E-state index contributed by atoms with van der Waals surface area (Å²) >= 11 is 0. The Bertz CT molecular complexity index is 1010. The van der Waals surface area contributed by atoms with Gasteiger partial charge in [0.1, 0.15) is 91.5 Å². The molecule has 274 valence electrons. The van der Waals surface area contributed by atoms with Gasteiger partial charge in [-0.2, -0.15) is 0 Å². The molecule has 0 aromatic rings. The zero-order valence-corrected chi connectivity index (χ0v) is 25.9. The summed E-state index contributed by atoms with van der Waals surface area (Å²) in [5.41, 5.74) is 0. The molecule has 20 nitrogen and oxygen atoms in total. The van der Waals surface area contributed by atoms with Crippen LogP contribution in [-0.2, 0) is 38.0 Å². The largest absolute Gasteiger partial charge is 0.394 e. The summed E-state index contributed by atoms with van der Waals surface area (Å²) in [7, 11) is 0. The van der Waals surface area contributed by atoms with E-state index in [4.69, 9.17) is 33.2 Å². The van der Waals surface area contributed by atoms with Gasteiger partial charge in [-0.05, 0) is 13.8 Å². The average Bonchev–Trinajstić information content (AvgIpc) is 3.03. The minimum absolute atomic E-state index is 0.642. The Hall–Kier alpha value is -1.25. The quantitative estimate of drug-likeness (QED) is 0.101. The first kappa shape index (κ1) is 38.6. The van der Waals surface area contributed by atoms with Gasteiger partial charge in [0.05, 0.1) is 32.0 Å². The van der Waals surface area contributed by atoms with Crippen molar-refractivity contribution in [2.75, 3.05) is 19.8 Å². The zero-order valence-electron chi connectivity index (χ0n) is 25.9. The normalized spacial score (nSPS) is 51.0. The molecule has 4 rings (SSSR count). The standard InChI is InChI=1S/C27H47NO19/c1-7-14(33)19(38)21(40)26(42-7)47-24-20(39)16(35)10(4-29)44-27(24)45-22-13(28-9(3)32)25(43-12(6-31)17(22)36)46-23-15(34)8(2)41-11(5-30)18(23)37/h7-8,10-27,29-31,33-40H,4-6H2,1-3H3,(H,28,32)/t7?,8-,10?,11?,12?,13?,14-,15?,16-,17-,18-,19+,20-,21?,22+,23+,24?,25-,26-,27-/m0/s1. The number of aliphatic hydroxyl groups excluding tert-OH is 11. The number of amides is 1. The van der Waals surface area contributed by atoms with Crippen molar-refractivity contribution >= 4 is 5.91 Å². The van der Waals surface area contributed by atoms with Crippen LogP contribution in [0.4, 0.5) is 0 Å². The Balaban J connectivity index is 1.66. The number of hydrogen-bond acceptors (Lipinski definition) is 19. The van der Waals surface area contributed by atoms with Crippen LogP contribution in [0.5, 0.6) is 0 Å². The van der Waals surface area contributed by atoms with Crippen molar-refractivity contribution in [3.63, 3.8) is 0 Å². The fourth-order valence-electron chi connectivity index (χ4n) is 6.06. The molecule has 0 aliphatic carbocycles. The summed E-state index contributed by atoms with van der Waals surface area (Å²) in [6.07, 6.45) is -30.0. The number of hydrogen-bond donors (Lipinski definition) is 12. The van der Waals surface area contributed by atoms with Gasteiger partial charge >= 0.3 is 0 Å². The third-order valence-corrected chi connectivity index (χ3v) is 8.83. The first-order valence-corrected chi connectivity index (χ1v) is 15.3.